The van der Waals surface area contributed by atoms with Crippen molar-refractivity contribution in [2.75, 3.05) is 44.8 Å². The first kappa shape index (κ1) is 24.4. The summed E-state index contributed by atoms with van der Waals surface area (Å²) >= 11 is 1.38. The van der Waals surface area contributed by atoms with E-state index in [9.17, 15) is 4.79 Å². The molecular weight excluding hydrogens is 474 g/mol. The lowest BCUT2D eigenvalue weighted by atomic mass is 9.85. The Morgan fingerprint density at radius 1 is 1.19 bits per heavy atom. The molecule has 0 unspecified atom stereocenters. The number of amides is 1. The number of thiazole rings is 1. The molecule has 0 bridgehead atoms. The minimum atomic E-state index is -0.237. The van der Waals surface area contributed by atoms with Crippen LogP contribution in [-0.4, -0.2) is 65.2 Å². The van der Waals surface area contributed by atoms with Gasteiger partial charge in [0.1, 0.15) is 23.7 Å². The fraction of sp³-hybridized carbons (Fsp3) is 0.370. The van der Waals surface area contributed by atoms with Gasteiger partial charge in [-0.1, -0.05) is 39.0 Å². The first-order chi connectivity index (χ1) is 17.4. The Morgan fingerprint density at radius 3 is 2.75 bits per heavy atom. The quantitative estimate of drug-likeness (QED) is 0.369. The molecule has 1 fully saturated rings. The summed E-state index contributed by atoms with van der Waals surface area (Å²) in [7, 11) is 0. The highest BCUT2D eigenvalue weighted by Crippen LogP contribution is 2.39. The van der Waals surface area contributed by atoms with Crippen LogP contribution in [0.3, 0.4) is 0 Å². The molecule has 3 heterocycles. The summed E-state index contributed by atoms with van der Waals surface area (Å²) in [5.41, 5.74) is 3.77. The zero-order valence-electron chi connectivity index (χ0n) is 20.8. The Morgan fingerprint density at radius 2 is 2.00 bits per heavy atom. The highest BCUT2D eigenvalue weighted by atomic mass is 32.1. The largest absolute Gasteiger partial charge is 0.491 e. The second-order valence-electron chi connectivity index (χ2n) is 9.81. The lowest BCUT2D eigenvalue weighted by Gasteiger charge is -2.28. The number of rotatable bonds is 7. The van der Waals surface area contributed by atoms with Crippen LogP contribution in [0.4, 0.5) is 5.13 Å². The first-order valence-electron chi connectivity index (χ1n) is 12.2. The van der Waals surface area contributed by atoms with Crippen LogP contribution in [0.15, 0.2) is 48.0 Å². The third-order valence-electron chi connectivity index (χ3n) is 6.25. The fourth-order valence-electron chi connectivity index (χ4n) is 4.36. The smallest absolute Gasteiger partial charge is 0.259 e. The zero-order valence-corrected chi connectivity index (χ0v) is 21.7. The van der Waals surface area contributed by atoms with Crippen LogP contribution in [0, 0.1) is 0 Å². The summed E-state index contributed by atoms with van der Waals surface area (Å²) in [4.78, 5) is 27.8. The van der Waals surface area contributed by atoms with Crippen LogP contribution in [0.1, 0.15) is 36.7 Å². The van der Waals surface area contributed by atoms with Gasteiger partial charge in [-0.3, -0.25) is 15.0 Å². The third kappa shape index (κ3) is 5.28. The van der Waals surface area contributed by atoms with Gasteiger partial charge in [0.15, 0.2) is 5.13 Å². The number of imidazole rings is 1. The maximum atomic E-state index is 13.0. The van der Waals surface area contributed by atoms with Crippen LogP contribution in [0.25, 0.3) is 22.4 Å². The van der Waals surface area contributed by atoms with Crippen molar-refractivity contribution in [3.8, 4) is 17.1 Å². The van der Waals surface area contributed by atoms with E-state index in [1.807, 2.05) is 29.6 Å². The SMILES string of the molecule is CC(C)(C)c1cccc(-c2nc3c(C(=O)Nc4nccs4)cccc3[nH]2)c1OCCN1CCOCC1. The summed E-state index contributed by atoms with van der Waals surface area (Å²) in [5, 5.41) is 5.24. The highest BCUT2D eigenvalue weighted by molar-refractivity contribution is 7.13. The first-order valence-corrected chi connectivity index (χ1v) is 13.0. The number of anilines is 1. The number of hydrogen-bond acceptors (Lipinski definition) is 7. The van der Waals surface area contributed by atoms with Crippen LogP contribution in [0.2, 0.25) is 0 Å². The maximum absolute atomic E-state index is 13.0. The van der Waals surface area contributed by atoms with Gasteiger partial charge >= 0.3 is 0 Å². The average molecular weight is 506 g/mol. The molecule has 9 heteroatoms. The molecule has 36 heavy (non-hydrogen) atoms. The number of benzene rings is 2. The van der Waals surface area contributed by atoms with Crippen LogP contribution in [-0.2, 0) is 10.2 Å². The van der Waals surface area contributed by atoms with Crippen molar-refractivity contribution in [2.45, 2.75) is 26.2 Å². The minimum Gasteiger partial charge on any atom is -0.491 e. The second kappa shape index (κ2) is 10.4. The van der Waals surface area contributed by atoms with Gasteiger partial charge in [0.05, 0.1) is 29.9 Å². The predicted octanol–water partition coefficient (Wildman–Crippen LogP) is 4.95. The molecule has 1 aliphatic rings. The van der Waals surface area contributed by atoms with Gasteiger partial charge < -0.3 is 14.5 Å². The van der Waals surface area contributed by atoms with E-state index in [-0.39, 0.29) is 11.3 Å². The van der Waals surface area contributed by atoms with E-state index in [2.05, 4.69) is 47.0 Å². The standard InChI is InChI=1S/C27H31N5O3S/c1-27(2,3)20-8-4-7-19(23(20)35-16-13-32-11-14-34-15-12-32)24-29-21-9-5-6-18(22(21)30-24)25(33)31-26-28-10-17-36-26/h4-10,17H,11-16H2,1-3H3,(H,29,30)(H,28,31,33). The summed E-state index contributed by atoms with van der Waals surface area (Å²) in [6.07, 6.45) is 1.66. The number of aromatic amines is 1. The Hall–Kier alpha value is -3.27. The number of nitrogens with zero attached hydrogens (tertiary/aromatic N) is 3. The molecule has 2 N–H and O–H groups in total. The summed E-state index contributed by atoms with van der Waals surface area (Å²) in [6.45, 7) is 11.3. The molecule has 1 aliphatic heterocycles. The van der Waals surface area contributed by atoms with E-state index in [1.54, 1.807) is 12.3 Å². The molecule has 2 aromatic heterocycles. The Kier molecular flexibility index (Phi) is 7.04. The number of hydrogen-bond donors (Lipinski definition) is 2. The Balaban J connectivity index is 1.48. The van der Waals surface area contributed by atoms with Gasteiger partial charge in [-0.05, 0) is 23.6 Å². The molecule has 8 nitrogen and oxygen atoms in total. The summed E-state index contributed by atoms with van der Waals surface area (Å²) in [6, 6.07) is 11.7. The normalized spacial score (nSPS) is 14.8. The molecule has 5 rings (SSSR count). The minimum absolute atomic E-state index is 0.116. The van der Waals surface area contributed by atoms with Crippen LogP contribution >= 0.6 is 11.3 Å². The van der Waals surface area contributed by atoms with E-state index in [4.69, 9.17) is 14.5 Å². The van der Waals surface area contributed by atoms with E-state index < -0.39 is 0 Å². The van der Waals surface area contributed by atoms with Gasteiger partial charge in [-0.2, -0.15) is 0 Å². The van der Waals surface area contributed by atoms with Gasteiger partial charge in [0.25, 0.3) is 5.91 Å². The number of carbonyl (C=O) groups excluding carboxylic acids is 1. The molecule has 1 saturated heterocycles. The van der Waals surface area contributed by atoms with E-state index in [0.29, 0.717) is 28.6 Å². The van der Waals surface area contributed by atoms with Crippen molar-refractivity contribution in [1.82, 2.24) is 19.9 Å². The summed E-state index contributed by atoms with van der Waals surface area (Å²) in [5.74, 6) is 1.26. The highest BCUT2D eigenvalue weighted by Gasteiger charge is 2.24. The van der Waals surface area contributed by atoms with Crippen molar-refractivity contribution in [3.05, 3.63) is 59.1 Å². The monoisotopic (exact) mass is 505 g/mol. The zero-order chi connectivity index (χ0) is 25.1. The maximum Gasteiger partial charge on any atom is 0.259 e. The molecule has 0 atom stereocenters. The number of H-pyrrole nitrogens is 1. The molecule has 0 aliphatic carbocycles. The molecule has 0 spiro atoms. The number of nitrogens with one attached hydrogen (secondary N) is 2. The Labute approximate surface area is 214 Å². The average Bonchev–Trinajstić information content (AvgIpc) is 3.53. The van der Waals surface area contributed by atoms with E-state index >= 15 is 0 Å². The van der Waals surface area contributed by atoms with Gasteiger partial charge in [-0.15, -0.1) is 11.3 Å². The van der Waals surface area contributed by atoms with Gasteiger partial charge in [0.2, 0.25) is 0 Å². The second-order valence-corrected chi connectivity index (χ2v) is 10.7. The fourth-order valence-corrected chi connectivity index (χ4v) is 4.89. The van der Waals surface area contributed by atoms with Gasteiger partial charge in [0, 0.05) is 36.8 Å². The molecule has 1 amide bonds. The number of carbonyl (C=O) groups is 1. The molecular formula is C27H31N5O3S. The lowest BCUT2D eigenvalue weighted by molar-refractivity contribution is 0.0322. The molecule has 4 aromatic rings. The molecule has 188 valence electrons. The molecule has 0 saturated carbocycles. The van der Waals surface area contributed by atoms with Crippen LogP contribution in [0.5, 0.6) is 5.75 Å². The van der Waals surface area contributed by atoms with E-state index in [0.717, 1.165) is 55.2 Å². The van der Waals surface area contributed by atoms with Crippen LogP contribution < -0.4 is 10.1 Å². The van der Waals surface area contributed by atoms with Crippen molar-refractivity contribution in [1.29, 1.82) is 0 Å². The topological polar surface area (TPSA) is 92.4 Å². The molecule has 0 radical (unpaired) electrons. The number of fused-ring (bicyclic) bond motifs is 1. The van der Waals surface area contributed by atoms with Crippen molar-refractivity contribution < 1.29 is 14.3 Å². The number of ether oxygens (including phenoxy) is 2. The number of aromatic nitrogens is 3. The van der Waals surface area contributed by atoms with Gasteiger partial charge in [-0.25, -0.2) is 9.97 Å². The van der Waals surface area contributed by atoms with E-state index in [1.165, 1.54) is 11.3 Å². The Bertz CT molecular complexity index is 1340. The lowest BCUT2D eigenvalue weighted by Crippen LogP contribution is -2.38. The van der Waals surface area contributed by atoms with Crippen molar-refractivity contribution in [2.24, 2.45) is 0 Å². The number of morpholine rings is 1. The van der Waals surface area contributed by atoms with Crippen molar-refractivity contribution in [3.63, 3.8) is 0 Å². The van der Waals surface area contributed by atoms with Crippen molar-refractivity contribution >= 4 is 33.4 Å². The summed E-state index contributed by atoms with van der Waals surface area (Å²) < 4.78 is 11.9. The number of para-hydroxylation sites is 2. The third-order valence-corrected chi connectivity index (χ3v) is 6.93. The predicted molar refractivity (Wildman–Crippen MR) is 143 cm³/mol. The molecule has 2 aromatic carbocycles.